The molecule has 0 heterocycles. The van der Waals surface area contributed by atoms with E-state index in [9.17, 15) is 0 Å². The Morgan fingerprint density at radius 1 is 1.05 bits per heavy atom. The first-order valence-electron chi connectivity index (χ1n) is 9.24. The average molecular weight is 281 g/mol. The second kappa shape index (κ2) is 7.32. The van der Waals surface area contributed by atoms with E-state index in [1.54, 1.807) is 0 Å². The number of hydrogen-bond donors (Lipinski definition) is 0. The molecule has 120 valence electrons. The molecule has 0 aliphatic heterocycles. The molecule has 0 amide bonds. The summed E-state index contributed by atoms with van der Waals surface area (Å²) in [5.41, 5.74) is 0.605. The highest BCUT2D eigenvalue weighted by atomic mass is 14.4. The molecule has 6 unspecified atom stereocenters. The van der Waals surface area contributed by atoms with Crippen molar-refractivity contribution >= 4 is 0 Å². The summed E-state index contributed by atoms with van der Waals surface area (Å²) in [6.07, 6.45) is 7.07. The lowest BCUT2D eigenvalue weighted by molar-refractivity contribution is 0.0364. The smallest absolute Gasteiger partial charge is 0.0323 e. The van der Waals surface area contributed by atoms with Crippen LogP contribution in [0.3, 0.4) is 0 Å². The molecular formula is C20H40. The minimum absolute atomic E-state index is 0.605. The molecule has 0 bridgehead atoms. The Morgan fingerprint density at radius 2 is 1.65 bits per heavy atom. The van der Waals surface area contributed by atoms with E-state index in [4.69, 9.17) is 0 Å². The molecule has 0 N–H and O–H groups in total. The van der Waals surface area contributed by atoms with Crippen LogP contribution in [-0.4, -0.2) is 0 Å². The molecule has 0 heteroatoms. The molecule has 1 aliphatic rings. The molecular weight excluding hydrogens is 240 g/mol. The highest BCUT2D eigenvalue weighted by Gasteiger charge is 2.39. The summed E-state index contributed by atoms with van der Waals surface area (Å²) in [4.78, 5) is 0. The average Bonchev–Trinajstić information content (AvgIpc) is 2.37. The van der Waals surface area contributed by atoms with E-state index in [0.717, 1.165) is 35.5 Å². The van der Waals surface area contributed by atoms with Crippen LogP contribution in [0.1, 0.15) is 87.5 Å². The minimum Gasteiger partial charge on any atom is -0.0651 e. The third kappa shape index (κ3) is 4.25. The van der Waals surface area contributed by atoms with E-state index >= 15 is 0 Å². The van der Waals surface area contributed by atoms with Crippen molar-refractivity contribution in [2.24, 2.45) is 40.9 Å². The van der Waals surface area contributed by atoms with Gasteiger partial charge in [0.15, 0.2) is 0 Å². The summed E-state index contributed by atoms with van der Waals surface area (Å²) < 4.78 is 0. The van der Waals surface area contributed by atoms with E-state index in [1.165, 1.54) is 32.1 Å². The molecule has 1 saturated carbocycles. The van der Waals surface area contributed by atoms with Gasteiger partial charge in [0.1, 0.15) is 0 Å². The Kier molecular flexibility index (Phi) is 6.61. The number of rotatable bonds is 6. The lowest BCUT2D eigenvalue weighted by Gasteiger charge is -2.46. The predicted molar refractivity (Wildman–Crippen MR) is 91.9 cm³/mol. The Labute approximate surface area is 129 Å². The molecule has 0 spiro atoms. The monoisotopic (exact) mass is 280 g/mol. The molecule has 1 aliphatic carbocycles. The van der Waals surface area contributed by atoms with Gasteiger partial charge in [-0.2, -0.15) is 0 Å². The van der Waals surface area contributed by atoms with Gasteiger partial charge < -0.3 is 0 Å². The van der Waals surface area contributed by atoms with Gasteiger partial charge in [-0.1, -0.05) is 68.2 Å². The summed E-state index contributed by atoms with van der Waals surface area (Å²) >= 11 is 0. The van der Waals surface area contributed by atoms with Gasteiger partial charge in [0, 0.05) is 0 Å². The maximum atomic E-state index is 2.57. The maximum Gasteiger partial charge on any atom is -0.0323 e. The van der Waals surface area contributed by atoms with E-state index < -0.39 is 0 Å². The van der Waals surface area contributed by atoms with E-state index in [1.807, 2.05) is 0 Å². The van der Waals surface area contributed by atoms with Crippen molar-refractivity contribution in [3.05, 3.63) is 0 Å². The fourth-order valence-electron chi connectivity index (χ4n) is 5.30. The minimum atomic E-state index is 0.605. The molecule has 0 aromatic carbocycles. The summed E-state index contributed by atoms with van der Waals surface area (Å²) in [5.74, 6) is 5.35. The van der Waals surface area contributed by atoms with Crippen LogP contribution >= 0.6 is 0 Å². The summed E-state index contributed by atoms with van der Waals surface area (Å²) in [5, 5.41) is 0. The normalized spacial score (nSPS) is 35.9. The van der Waals surface area contributed by atoms with Gasteiger partial charge in [-0.05, 0) is 60.2 Å². The molecule has 0 aromatic rings. The van der Waals surface area contributed by atoms with E-state index in [-0.39, 0.29) is 0 Å². The fraction of sp³-hybridized carbons (Fsp3) is 1.00. The van der Waals surface area contributed by atoms with Gasteiger partial charge >= 0.3 is 0 Å². The van der Waals surface area contributed by atoms with Crippen molar-refractivity contribution < 1.29 is 0 Å². The van der Waals surface area contributed by atoms with Crippen molar-refractivity contribution in [1.29, 1.82) is 0 Å². The Bertz CT molecular complexity index is 280. The molecule has 0 radical (unpaired) electrons. The Morgan fingerprint density at radius 3 is 2.10 bits per heavy atom. The van der Waals surface area contributed by atoms with Crippen molar-refractivity contribution in [2.45, 2.75) is 87.5 Å². The third-order valence-corrected chi connectivity index (χ3v) is 6.58. The lowest BCUT2D eigenvalue weighted by atomic mass is 9.59. The van der Waals surface area contributed by atoms with Gasteiger partial charge in [0.25, 0.3) is 0 Å². The second-order valence-corrected chi connectivity index (χ2v) is 8.74. The quantitative estimate of drug-likeness (QED) is 0.502. The molecule has 1 fully saturated rings. The summed E-state index contributed by atoms with van der Waals surface area (Å²) in [6.45, 7) is 19.7. The predicted octanol–water partition coefficient (Wildman–Crippen LogP) is 6.79. The van der Waals surface area contributed by atoms with Gasteiger partial charge in [-0.3, -0.25) is 0 Å². The molecule has 20 heavy (non-hydrogen) atoms. The van der Waals surface area contributed by atoms with E-state index in [2.05, 4.69) is 55.4 Å². The highest BCUT2D eigenvalue weighted by Crippen LogP contribution is 2.49. The van der Waals surface area contributed by atoms with Crippen LogP contribution in [0.2, 0.25) is 0 Å². The molecule has 1 rings (SSSR count). The Hall–Kier alpha value is 0. The van der Waals surface area contributed by atoms with Crippen molar-refractivity contribution in [3.63, 3.8) is 0 Å². The third-order valence-electron chi connectivity index (χ3n) is 6.58. The topological polar surface area (TPSA) is 0 Å². The fourth-order valence-corrected chi connectivity index (χ4v) is 5.30. The van der Waals surface area contributed by atoms with Gasteiger partial charge in [0.05, 0.1) is 0 Å². The largest absolute Gasteiger partial charge is 0.0651 e. The van der Waals surface area contributed by atoms with Crippen molar-refractivity contribution in [3.8, 4) is 0 Å². The van der Waals surface area contributed by atoms with Crippen molar-refractivity contribution in [1.82, 2.24) is 0 Å². The molecule has 0 saturated heterocycles. The first kappa shape index (κ1) is 18.1. The number of hydrogen-bond acceptors (Lipinski definition) is 0. The SMILES string of the molecule is CCC(C)C(C(C)C)C(C)C1CC(C)CC(C)(CC)C1. The van der Waals surface area contributed by atoms with Crippen LogP contribution < -0.4 is 0 Å². The maximum absolute atomic E-state index is 2.57. The lowest BCUT2D eigenvalue weighted by Crippen LogP contribution is -2.37. The summed E-state index contributed by atoms with van der Waals surface area (Å²) in [6, 6.07) is 0. The zero-order valence-corrected chi connectivity index (χ0v) is 15.5. The van der Waals surface area contributed by atoms with Crippen LogP contribution in [0.5, 0.6) is 0 Å². The van der Waals surface area contributed by atoms with E-state index in [0.29, 0.717) is 5.41 Å². The first-order valence-corrected chi connectivity index (χ1v) is 9.24. The highest BCUT2D eigenvalue weighted by molar-refractivity contribution is 4.89. The summed E-state index contributed by atoms with van der Waals surface area (Å²) in [7, 11) is 0. The standard InChI is InChI=1S/C20H40/c1-9-16(6)19(14(3)4)17(7)18-11-15(5)12-20(8,10-2)13-18/h14-19H,9-13H2,1-8H3. The van der Waals surface area contributed by atoms with Gasteiger partial charge in [-0.25, -0.2) is 0 Å². The van der Waals surface area contributed by atoms with Crippen molar-refractivity contribution in [2.75, 3.05) is 0 Å². The van der Waals surface area contributed by atoms with Crippen LogP contribution in [0.25, 0.3) is 0 Å². The van der Waals surface area contributed by atoms with Gasteiger partial charge in [0.2, 0.25) is 0 Å². The Balaban J connectivity index is 2.85. The second-order valence-electron chi connectivity index (χ2n) is 8.74. The molecule has 0 aromatic heterocycles. The van der Waals surface area contributed by atoms with Crippen LogP contribution in [0.4, 0.5) is 0 Å². The zero-order chi connectivity index (χ0) is 15.5. The molecule has 0 nitrogen and oxygen atoms in total. The van der Waals surface area contributed by atoms with Gasteiger partial charge in [-0.15, -0.1) is 0 Å². The first-order chi connectivity index (χ1) is 9.24. The van der Waals surface area contributed by atoms with Crippen LogP contribution in [0.15, 0.2) is 0 Å². The van der Waals surface area contributed by atoms with Crippen LogP contribution in [-0.2, 0) is 0 Å². The van der Waals surface area contributed by atoms with Crippen LogP contribution in [0, 0.1) is 40.9 Å². The zero-order valence-electron chi connectivity index (χ0n) is 15.5. The molecule has 6 atom stereocenters.